The number of nitrogens with zero attached hydrogens (tertiary/aromatic N) is 5. The summed E-state index contributed by atoms with van der Waals surface area (Å²) in [5.41, 5.74) is 6.89. The maximum absolute atomic E-state index is 13.0. The summed E-state index contributed by atoms with van der Waals surface area (Å²) >= 11 is 0. The van der Waals surface area contributed by atoms with Crippen LogP contribution in [0.5, 0.6) is 0 Å². The summed E-state index contributed by atoms with van der Waals surface area (Å²) in [5.74, 6) is 0.362. The molecule has 7 nitrogen and oxygen atoms in total. The third kappa shape index (κ3) is 3.05. The molecule has 6 rings (SSSR count). The molecule has 1 unspecified atom stereocenters. The second-order valence-electron chi connectivity index (χ2n) is 8.41. The van der Waals surface area contributed by atoms with Crippen molar-refractivity contribution in [1.82, 2.24) is 29.7 Å². The molecular weight excluding hydrogens is 400 g/mol. The van der Waals surface area contributed by atoms with Gasteiger partial charge in [0.25, 0.3) is 5.91 Å². The topological polar surface area (TPSA) is 79.2 Å². The highest BCUT2D eigenvalue weighted by Gasteiger charge is 2.29. The molecule has 1 atom stereocenters. The molecular formula is C25H22N6O. The lowest BCUT2D eigenvalue weighted by Gasteiger charge is -2.16. The molecule has 0 aliphatic carbocycles. The number of H-pyrrole nitrogens is 1. The lowest BCUT2D eigenvalue weighted by atomic mass is 10.0. The van der Waals surface area contributed by atoms with Gasteiger partial charge in [0.2, 0.25) is 0 Å². The molecule has 5 aromatic rings. The van der Waals surface area contributed by atoms with Gasteiger partial charge in [-0.25, -0.2) is 4.98 Å². The van der Waals surface area contributed by atoms with Crippen molar-refractivity contribution in [3.63, 3.8) is 0 Å². The number of aryl methyl sites for hydroxylation is 1. The Hall–Kier alpha value is -4.00. The number of pyridine rings is 1. The van der Waals surface area contributed by atoms with Gasteiger partial charge in [0.1, 0.15) is 5.65 Å². The van der Waals surface area contributed by atoms with Gasteiger partial charge in [-0.15, -0.1) is 0 Å². The highest BCUT2D eigenvalue weighted by molar-refractivity contribution is 5.98. The minimum Gasteiger partial charge on any atom is -0.343 e. The Labute approximate surface area is 184 Å². The van der Waals surface area contributed by atoms with Crippen molar-refractivity contribution in [3.8, 4) is 11.1 Å². The molecule has 158 valence electrons. The first-order chi connectivity index (χ1) is 15.7. The van der Waals surface area contributed by atoms with Gasteiger partial charge in [0.15, 0.2) is 0 Å². The quantitative estimate of drug-likeness (QED) is 0.472. The van der Waals surface area contributed by atoms with Gasteiger partial charge in [0.05, 0.1) is 11.7 Å². The van der Waals surface area contributed by atoms with E-state index in [0.29, 0.717) is 6.54 Å². The van der Waals surface area contributed by atoms with Gasteiger partial charge < -0.3 is 9.88 Å². The lowest BCUT2D eigenvalue weighted by Crippen LogP contribution is -2.28. The number of fused-ring (bicyclic) bond motifs is 2. The first kappa shape index (κ1) is 18.7. The summed E-state index contributed by atoms with van der Waals surface area (Å²) in [4.78, 5) is 23.0. The third-order valence-corrected chi connectivity index (χ3v) is 6.33. The number of aromatic nitrogens is 5. The van der Waals surface area contributed by atoms with Crippen LogP contribution in [-0.2, 0) is 0 Å². The summed E-state index contributed by atoms with van der Waals surface area (Å²) < 4.78 is 1.64. The van der Waals surface area contributed by atoms with E-state index >= 15 is 0 Å². The number of carbonyl (C=O) groups excluding carboxylic acids is 1. The standard InChI is InChI=1S/C25H22N6O/c1-16-4-2-5-17(12-16)25(32)30-11-8-18(15-30)22-13-20-19(7-10-26-24(20)29-22)21-14-28-31-23(21)6-3-9-27-31/h2-7,9-10,12-14,18H,8,11,15H2,1H3,(H,26,29). The molecule has 5 heterocycles. The fraction of sp³-hybridized carbons (Fsp3) is 0.200. The minimum atomic E-state index is 0.102. The zero-order valence-electron chi connectivity index (χ0n) is 17.7. The van der Waals surface area contributed by atoms with Crippen LogP contribution in [0.15, 0.2) is 67.1 Å². The van der Waals surface area contributed by atoms with Gasteiger partial charge in [-0.05, 0) is 55.3 Å². The average molecular weight is 422 g/mol. The number of hydrogen-bond donors (Lipinski definition) is 1. The largest absolute Gasteiger partial charge is 0.343 e. The first-order valence-electron chi connectivity index (χ1n) is 10.8. The van der Waals surface area contributed by atoms with Gasteiger partial charge in [-0.1, -0.05) is 17.7 Å². The molecule has 1 aliphatic heterocycles. The number of benzene rings is 1. The van der Waals surface area contributed by atoms with E-state index in [1.807, 2.05) is 66.7 Å². The van der Waals surface area contributed by atoms with Gasteiger partial charge in [-0.3, -0.25) is 4.79 Å². The molecule has 1 amide bonds. The van der Waals surface area contributed by atoms with Gasteiger partial charge >= 0.3 is 0 Å². The van der Waals surface area contributed by atoms with Crippen molar-refractivity contribution in [2.45, 2.75) is 19.3 Å². The molecule has 4 aromatic heterocycles. The van der Waals surface area contributed by atoms with Gasteiger partial charge in [0, 0.05) is 53.6 Å². The summed E-state index contributed by atoms with van der Waals surface area (Å²) in [6, 6.07) is 15.9. The summed E-state index contributed by atoms with van der Waals surface area (Å²) in [6.45, 7) is 3.47. The van der Waals surface area contributed by atoms with Crippen LogP contribution in [-0.4, -0.2) is 48.7 Å². The predicted molar refractivity (Wildman–Crippen MR) is 123 cm³/mol. The minimum absolute atomic E-state index is 0.102. The van der Waals surface area contributed by atoms with E-state index in [-0.39, 0.29) is 11.8 Å². The van der Waals surface area contributed by atoms with Gasteiger partial charge in [-0.2, -0.15) is 14.8 Å². The molecule has 1 fully saturated rings. The van der Waals surface area contributed by atoms with Crippen LogP contribution in [0, 0.1) is 6.92 Å². The van der Waals surface area contributed by atoms with Crippen molar-refractivity contribution >= 4 is 22.5 Å². The zero-order chi connectivity index (χ0) is 21.7. The SMILES string of the molecule is Cc1cccc(C(=O)N2CCC(c3cc4c(-c5cnn6ncccc56)ccnc4[nH]3)C2)c1. The van der Waals surface area contributed by atoms with E-state index in [0.717, 1.165) is 57.5 Å². The number of hydrogen-bond acceptors (Lipinski definition) is 4. The Morgan fingerprint density at radius 2 is 2.00 bits per heavy atom. The van der Waals surface area contributed by atoms with E-state index in [2.05, 4.69) is 26.2 Å². The number of aromatic amines is 1. The molecule has 1 saturated heterocycles. The summed E-state index contributed by atoms with van der Waals surface area (Å²) in [6.07, 6.45) is 6.33. The molecule has 0 spiro atoms. The molecule has 1 aromatic carbocycles. The van der Waals surface area contributed by atoms with Crippen LogP contribution < -0.4 is 0 Å². The van der Waals surface area contributed by atoms with Crippen molar-refractivity contribution in [1.29, 1.82) is 0 Å². The Bertz CT molecular complexity index is 1470. The van der Waals surface area contributed by atoms with E-state index in [4.69, 9.17) is 0 Å². The van der Waals surface area contributed by atoms with Crippen LogP contribution >= 0.6 is 0 Å². The van der Waals surface area contributed by atoms with Crippen molar-refractivity contribution in [2.24, 2.45) is 0 Å². The number of amides is 1. The van der Waals surface area contributed by atoms with Crippen molar-refractivity contribution < 1.29 is 4.79 Å². The van der Waals surface area contributed by atoms with Crippen molar-refractivity contribution in [3.05, 3.63) is 83.9 Å². The zero-order valence-corrected chi connectivity index (χ0v) is 17.7. The maximum atomic E-state index is 13.0. The van der Waals surface area contributed by atoms with E-state index in [1.54, 1.807) is 10.8 Å². The van der Waals surface area contributed by atoms with Crippen LogP contribution in [0.4, 0.5) is 0 Å². The molecule has 1 aliphatic rings. The van der Waals surface area contributed by atoms with Crippen LogP contribution in [0.2, 0.25) is 0 Å². The van der Waals surface area contributed by atoms with Crippen LogP contribution in [0.1, 0.15) is 34.0 Å². The second-order valence-corrected chi connectivity index (χ2v) is 8.41. The Kier molecular flexibility index (Phi) is 4.28. The number of nitrogens with one attached hydrogen (secondary N) is 1. The highest BCUT2D eigenvalue weighted by atomic mass is 16.2. The predicted octanol–water partition coefficient (Wildman–Crippen LogP) is 4.21. The second kappa shape index (κ2) is 7.30. The van der Waals surface area contributed by atoms with Crippen LogP contribution in [0.25, 0.3) is 27.7 Å². The monoisotopic (exact) mass is 422 g/mol. The molecule has 32 heavy (non-hydrogen) atoms. The van der Waals surface area contributed by atoms with Crippen molar-refractivity contribution in [2.75, 3.05) is 13.1 Å². The smallest absolute Gasteiger partial charge is 0.253 e. The Morgan fingerprint density at radius 1 is 1.06 bits per heavy atom. The average Bonchev–Trinajstić information content (AvgIpc) is 3.56. The molecule has 1 N–H and O–H groups in total. The molecule has 0 saturated carbocycles. The fourth-order valence-corrected chi connectivity index (χ4v) is 4.70. The molecule has 0 bridgehead atoms. The summed E-state index contributed by atoms with van der Waals surface area (Å²) in [7, 11) is 0. The van der Waals surface area contributed by atoms with E-state index < -0.39 is 0 Å². The third-order valence-electron chi connectivity index (χ3n) is 6.33. The summed E-state index contributed by atoms with van der Waals surface area (Å²) in [5, 5.41) is 9.72. The number of rotatable bonds is 3. The molecule has 7 heteroatoms. The Morgan fingerprint density at radius 3 is 2.91 bits per heavy atom. The Balaban J connectivity index is 1.32. The maximum Gasteiger partial charge on any atom is 0.253 e. The number of likely N-dealkylation sites (tertiary alicyclic amines) is 1. The first-order valence-corrected chi connectivity index (χ1v) is 10.8. The van der Waals surface area contributed by atoms with Crippen LogP contribution in [0.3, 0.4) is 0 Å². The fourth-order valence-electron chi connectivity index (χ4n) is 4.70. The molecule has 0 radical (unpaired) electrons. The highest BCUT2D eigenvalue weighted by Crippen LogP contribution is 2.34. The van der Waals surface area contributed by atoms with E-state index in [1.165, 1.54) is 0 Å². The normalized spacial score (nSPS) is 16.3. The lowest BCUT2D eigenvalue weighted by molar-refractivity contribution is 0.0790. The number of carbonyl (C=O) groups is 1. The van der Waals surface area contributed by atoms with E-state index in [9.17, 15) is 4.79 Å².